The van der Waals surface area contributed by atoms with Crippen LogP contribution < -0.4 is 0 Å². The summed E-state index contributed by atoms with van der Waals surface area (Å²) in [5.41, 5.74) is 2.58. The molecule has 186 valence electrons. The molecule has 0 heterocycles. The van der Waals surface area contributed by atoms with E-state index in [1.807, 2.05) is 6.92 Å². The molecule has 0 spiro atoms. The quantitative estimate of drug-likeness (QED) is 0.347. The van der Waals surface area contributed by atoms with Gasteiger partial charge in [0, 0.05) is 5.56 Å². The van der Waals surface area contributed by atoms with Crippen LogP contribution in [-0.2, 0) is 11.3 Å². The summed E-state index contributed by atoms with van der Waals surface area (Å²) in [6.07, 6.45) is 3.68. The van der Waals surface area contributed by atoms with E-state index in [2.05, 4.69) is 0 Å². The summed E-state index contributed by atoms with van der Waals surface area (Å²) in [7, 11) is 0. The Morgan fingerprint density at radius 2 is 1.63 bits per heavy atom. The first kappa shape index (κ1) is 25.3. The number of hydrogen-bond donors (Lipinski definition) is 2. The summed E-state index contributed by atoms with van der Waals surface area (Å²) >= 11 is 0. The standard InChI is InChI=1S/C29H31F3O3/c1-2-3-26(33)21-7-5-19(6-8-21)23-13-14-24(29(32)28(23)31)20-9-11-22(12-10-20)35-17-18-4-15-27(34)25(30)16-18/h4-8,13-16,20,22,26,33-34H,2-3,9-12,17H2,1H3. The molecule has 3 aromatic carbocycles. The molecule has 3 nitrogen and oxygen atoms in total. The average molecular weight is 485 g/mol. The van der Waals surface area contributed by atoms with E-state index in [0.29, 0.717) is 48.8 Å². The topological polar surface area (TPSA) is 49.7 Å². The van der Waals surface area contributed by atoms with Gasteiger partial charge in [-0.1, -0.05) is 55.8 Å². The third kappa shape index (κ3) is 5.88. The van der Waals surface area contributed by atoms with Gasteiger partial charge in [0.05, 0.1) is 18.8 Å². The fourth-order valence-corrected chi connectivity index (χ4v) is 4.82. The molecule has 1 saturated carbocycles. The first-order chi connectivity index (χ1) is 16.9. The highest BCUT2D eigenvalue weighted by molar-refractivity contribution is 5.65. The number of aliphatic hydroxyl groups excluding tert-OH is 1. The van der Waals surface area contributed by atoms with Crippen molar-refractivity contribution in [2.24, 2.45) is 0 Å². The second kappa shape index (κ2) is 11.3. The van der Waals surface area contributed by atoms with Gasteiger partial charge < -0.3 is 14.9 Å². The van der Waals surface area contributed by atoms with Crippen molar-refractivity contribution in [1.82, 2.24) is 0 Å². The van der Waals surface area contributed by atoms with E-state index >= 15 is 8.78 Å². The second-order valence-electron chi connectivity index (χ2n) is 9.33. The Labute approximate surface area is 204 Å². The van der Waals surface area contributed by atoms with E-state index in [1.165, 1.54) is 12.1 Å². The molecule has 35 heavy (non-hydrogen) atoms. The molecule has 1 atom stereocenters. The number of phenols is 1. The van der Waals surface area contributed by atoms with Crippen LogP contribution >= 0.6 is 0 Å². The Bertz CT molecular complexity index is 1140. The van der Waals surface area contributed by atoms with E-state index in [9.17, 15) is 14.6 Å². The predicted octanol–water partition coefficient (Wildman–Crippen LogP) is 7.55. The number of aliphatic hydroxyl groups is 1. The third-order valence-electron chi connectivity index (χ3n) is 6.89. The van der Waals surface area contributed by atoms with Crippen LogP contribution in [0.2, 0.25) is 0 Å². The largest absolute Gasteiger partial charge is 0.505 e. The maximum absolute atomic E-state index is 15.1. The van der Waals surface area contributed by atoms with Crippen molar-refractivity contribution in [1.29, 1.82) is 0 Å². The van der Waals surface area contributed by atoms with Gasteiger partial charge in [-0.2, -0.15) is 0 Å². The van der Waals surface area contributed by atoms with Crippen LogP contribution in [0.3, 0.4) is 0 Å². The van der Waals surface area contributed by atoms with Crippen LogP contribution in [0.4, 0.5) is 13.2 Å². The molecular formula is C29H31F3O3. The summed E-state index contributed by atoms with van der Waals surface area (Å²) in [4.78, 5) is 0. The lowest BCUT2D eigenvalue weighted by Crippen LogP contribution is -2.21. The normalized spacial score (nSPS) is 19.0. The van der Waals surface area contributed by atoms with Crippen LogP contribution in [0, 0.1) is 17.5 Å². The Hall–Kier alpha value is -2.83. The van der Waals surface area contributed by atoms with Crippen LogP contribution in [0.5, 0.6) is 5.75 Å². The third-order valence-corrected chi connectivity index (χ3v) is 6.89. The summed E-state index contributed by atoms with van der Waals surface area (Å²) in [5.74, 6) is -2.81. The van der Waals surface area contributed by atoms with Gasteiger partial charge in [0.15, 0.2) is 23.2 Å². The number of rotatable bonds is 8. The van der Waals surface area contributed by atoms with Gasteiger partial charge in [0.2, 0.25) is 0 Å². The smallest absolute Gasteiger partial charge is 0.166 e. The fourth-order valence-electron chi connectivity index (χ4n) is 4.82. The number of hydrogen-bond acceptors (Lipinski definition) is 3. The molecule has 3 aromatic rings. The Kier molecular flexibility index (Phi) is 8.14. The Balaban J connectivity index is 1.38. The van der Waals surface area contributed by atoms with Crippen molar-refractivity contribution in [3.63, 3.8) is 0 Å². The number of phenolic OH excluding ortho intramolecular Hbond substituents is 1. The minimum atomic E-state index is -0.850. The molecule has 0 aliphatic heterocycles. The van der Waals surface area contributed by atoms with Crippen LogP contribution in [-0.4, -0.2) is 16.3 Å². The van der Waals surface area contributed by atoms with Gasteiger partial charge in [-0.05, 0) is 72.4 Å². The van der Waals surface area contributed by atoms with Crippen LogP contribution in [0.15, 0.2) is 54.6 Å². The highest BCUT2D eigenvalue weighted by Crippen LogP contribution is 2.38. The highest BCUT2D eigenvalue weighted by atomic mass is 19.2. The zero-order valence-corrected chi connectivity index (χ0v) is 19.8. The maximum Gasteiger partial charge on any atom is 0.166 e. The van der Waals surface area contributed by atoms with Crippen molar-refractivity contribution in [3.8, 4) is 16.9 Å². The van der Waals surface area contributed by atoms with Gasteiger partial charge >= 0.3 is 0 Å². The fraction of sp³-hybridized carbons (Fsp3) is 0.379. The van der Waals surface area contributed by atoms with Gasteiger partial charge in [0.25, 0.3) is 0 Å². The molecule has 4 rings (SSSR count). The van der Waals surface area contributed by atoms with E-state index < -0.39 is 29.3 Å². The van der Waals surface area contributed by atoms with Crippen molar-refractivity contribution in [2.45, 2.75) is 70.2 Å². The van der Waals surface area contributed by atoms with Crippen LogP contribution in [0.1, 0.15) is 74.2 Å². The van der Waals surface area contributed by atoms with E-state index in [0.717, 1.165) is 12.0 Å². The maximum atomic E-state index is 15.1. The van der Waals surface area contributed by atoms with Crippen molar-refractivity contribution >= 4 is 0 Å². The van der Waals surface area contributed by atoms with Gasteiger partial charge in [0.1, 0.15) is 0 Å². The molecule has 6 heteroatoms. The summed E-state index contributed by atoms with van der Waals surface area (Å²) in [6, 6.07) is 14.4. The molecule has 0 amide bonds. The number of ether oxygens (including phenoxy) is 1. The van der Waals surface area contributed by atoms with E-state index in [-0.39, 0.29) is 24.2 Å². The SMILES string of the molecule is CCCC(O)c1ccc(-c2ccc(C3CCC(OCc4ccc(O)c(F)c4)CC3)c(F)c2F)cc1. The zero-order valence-electron chi connectivity index (χ0n) is 19.8. The molecule has 1 unspecified atom stereocenters. The Morgan fingerprint density at radius 1 is 0.914 bits per heavy atom. The molecular weight excluding hydrogens is 453 g/mol. The number of halogens is 3. The first-order valence-corrected chi connectivity index (χ1v) is 12.2. The summed E-state index contributed by atoms with van der Waals surface area (Å²) < 4.78 is 49.5. The van der Waals surface area contributed by atoms with E-state index in [4.69, 9.17) is 4.74 Å². The molecule has 1 fully saturated rings. The van der Waals surface area contributed by atoms with Crippen molar-refractivity contribution < 1.29 is 28.1 Å². The lowest BCUT2D eigenvalue weighted by Gasteiger charge is -2.29. The van der Waals surface area contributed by atoms with Gasteiger partial charge in [-0.3, -0.25) is 0 Å². The zero-order chi connectivity index (χ0) is 24.9. The molecule has 0 saturated heterocycles. The average Bonchev–Trinajstić information content (AvgIpc) is 2.87. The van der Waals surface area contributed by atoms with Gasteiger partial charge in [-0.15, -0.1) is 0 Å². The van der Waals surface area contributed by atoms with Crippen molar-refractivity contribution in [2.75, 3.05) is 0 Å². The lowest BCUT2D eigenvalue weighted by atomic mass is 9.82. The van der Waals surface area contributed by atoms with Gasteiger partial charge in [-0.25, -0.2) is 13.2 Å². The first-order valence-electron chi connectivity index (χ1n) is 12.2. The molecule has 1 aliphatic carbocycles. The van der Waals surface area contributed by atoms with Crippen molar-refractivity contribution in [3.05, 3.63) is 88.7 Å². The molecule has 0 radical (unpaired) electrons. The summed E-state index contributed by atoms with van der Waals surface area (Å²) in [6.45, 7) is 2.23. The Morgan fingerprint density at radius 3 is 2.29 bits per heavy atom. The van der Waals surface area contributed by atoms with E-state index in [1.54, 1.807) is 42.5 Å². The predicted molar refractivity (Wildman–Crippen MR) is 130 cm³/mol. The van der Waals surface area contributed by atoms with Crippen LogP contribution in [0.25, 0.3) is 11.1 Å². The second-order valence-corrected chi connectivity index (χ2v) is 9.33. The molecule has 0 aromatic heterocycles. The summed E-state index contributed by atoms with van der Waals surface area (Å²) in [5, 5.41) is 19.4. The molecule has 1 aliphatic rings. The molecule has 2 N–H and O–H groups in total. The highest BCUT2D eigenvalue weighted by Gasteiger charge is 2.27. The number of aromatic hydroxyl groups is 1. The monoisotopic (exact) mass is 484 g/mol. The minimum Gasteiger partial charge on any atom is -0.505 e. The number of benzene rings is 3. The molecule has 0 bridgehead atoms. The minimum absolute atomic E-state index is 0.0307. The lowest BCUT2D eigenvalue weighted by molar-refractivity contribution is 0.0130.